The monoisotopic (exact) mass is 478 g/mol. The van der Waals surface area contributed by atoms with Gasteiger partial charge in [0.2, 0.25) is 5.91 Å². The molecule has 2 aromatic rings. The zero-order chi connectivity index (χ0) is 22.1. The van der Waals surface area contributed by atoms with Crippen LogP contribution in [0.15, 0.2) is 59.1 Å². The highest BCUT2D eigenvalue weighted by molar-refractivity contribution is 9.10. The Morgan fingerprint density at radius 1 is 1.03 bits per heavy atom. The Kier molecular flexibility index (Phi) is 8.82. The third-order valence-corrected chi connectivity index (χ3v) is 5.02. The molecule has 0 spiro atoms. The van der Waals surface area contributed by atoms with Gasteiger partial charge in [-0.15, -0.1) is 0 Å². The predicted molar refractivity (Wildman–Crippen MR) is 113 cm³/mol. The molecule has 2 aromatic carbocycles. The molecule has 3 atom stereocenters. The fourth-order valence-electron chi connectivity index (χ4n) is 2.64. The van der Waals surface area contributed by atoms with Crippen LogP contribution in [0, 0.1) is 0 Å². The first-order valence-electron chi connectivity index (χ1n) is 9.19. The maximum atomic E-state index is 12.6. The molecule has 0 saturated carbocycles. The number of benzene rings is 2. The van der Waals surface area contributed by atoms with Gasteiger partial charge in [0.15, 0.2) is 0 Å². The molecule has 0 fully saturated rings. The molecule has 0 unspecified atom stereocenters. The minimum Gasteiger partial charge on any atom is -0.480 e. The Bertz CT molecular complexity index is 875. The number of aliphatic hydroxyl groups is 1. The normalized spacial score (nSPS) is 13.6. The van der Waals surface area contributed by atoms with Crippen LogP contribution in [-0.2, 0) is 27.4 Å². The van der Waals surface area contributed by atoms with Crippen LogP contribution in [0.4, 0.5) is 4.79 Å². The summed E-state index contributed by atoms with van der Waals surface area (Å²) >= 11 is 3.34. The third-order valence-electron chi connectivity index (χ3n) is 4.25. The second-order valence-corrected chi connectivity index (χ2v) is 7.47. The van der Waals surface area contributed by atoms with E-state index < -0.39 is 36.2 Å². The second-order valence-electron chi connectivity index (χ2n) is 6.62. The summed E-state index contributed by atoms with van der Waals surface area (Å²) in [6, 6.07) is 13.4. The van der Waals surface area contributed by atoms with Crippen LogP contribution in [0.1, 0.15) is 18.1 Å². The summed E-state index contributed by atoms with van der Waals surface area (Å²) in [5.41, 5.74) is 1.44. The molecule has 0 aliphatic carbocycles. The van der Waals surface area contributed by atoms with Gasteiger partial charge in [-0.05, 0) is 24.1 Å². The second kappa shape index (κ2) is 11.3. The van der Waals surface area contributed by atoms with Gasteiger partial charge in [-0.3, -0.25) is 4.79 Å². The number of hydrogen-bond donors (Lipinski definition) is 4. The first-order chi connectivity index (χ1) is 14.3. The highest BCUT2D eigenvalue weighted by Crippen LogP contribution is 2.17. The van der Waals surface area contributed by atoms with Crippen LogP contribution in [0.2, 0.25) is 0 Å². The number of aliphatic carboxylic acids is 1. The Hall–Kier alpha value is -2.91. The van der Waals surface area contributed by atoms with E-state index in [1.54, 1.807) is 48.5 Å². The molecule has 2 rings (SSSR count). The smallest absolute Gasteiger partial charge is 0.408 e. The molecule has 2 amide bonds. The summed E-state index contributed by atoms with van der Waals surface area (Å²) < 4.78 is 5.77. The number of alkyl carbamates (subject to hydrolysis) is 1. The van der Waals surface area contributed by atoms with Gasteiger partial charge in [0.05, 0.1) is 6.10 Å². The maximum Gasteiger partial charge on any atom is 0.408 e. The van der Waals surface area contributed by atoms with Crippen molar-refractivity contribution in [3.63, 3.8) is 0 Å². The molecule has 4 N–H and O–H groups in total. The molecular weight excluding hydrogens is 456 g/mol. The van der Waals surface area contributed by atoms with Gasteiger partial charge in [0.1, 0.15) is 18.7 Å². The van der Waals surface area contributed by atoms with Gasteiger partial charge in [0, 0.05) is 10.9 Å². The van der Waals surface area contributed by atoms with Crippen molar-refractivity contribution in [3.05, 3.63) is 70.2 Å². The highest BCUT2D eigenvalue weighted by Gasteiger charge is 2.30. The number of carboxylic acids is 1. The first-order valence-corrected chi connectivity index (χ1v) is 9.99. The predicted octanol–water partition coefficient (Wildman–Crippen LogP) is 2.24. The van der Waals surface area contributed by atoms with Crippen molar-refractivity contribution in [1.29, 1.82) is 0 Å². The number of nitrogens with one attached hydrogen (secondary N) is 2. The van der Waals surface area contributed by atoms with Crippen LogP contribution < -0.4 is 10.6 Å². The summed E-state index contributed by atoms with van der Waals surface area (Å²) in [5.74, 6) is -2.07. The van der Waals surface area contributed by atoms with E-state index in [0.29, 0.717) is 10.0 Å². The zero-order valence-corrected chi connectivity index (χ0v) is 17.8. The van der Waals surface area contributed by atoms with E-state index >= 15 is 0 Å². The van der Waals surface area contributed by atoms with Crippen LogP contribution in [-0.4, -0.2) is 46.4 Å². The van der Waals surface area contributed by atoms with Crippen molar-refractivity contribution in [2.75, 3.05) is 0 Å². The average Bonchev–Trinajstić information content (AvgIpc) is 2.71. The lowest BCUT2D eigenvalue weighted by atomic mass is 10.0. The van der Waals surface area contributed by atoms with Crippen molar-refractivity contribution in [2.45, 2.75) is 38.1 Å². The first kappa shape index (κ1) is 23.4. The fourth-order valence-corrected chi connectivity index (χ4v) is 3.09. The molecule has 0 saturated heterocycles. The Morgan fingerprint density at radius 2 is 1.67 bits per heavy atom. The number of halogens is 1. The maximum absolute atomic E-state index is 12.6. The Labute approximate surface area is 182 Å². The van der Waals surface area contributed by atoms with Crippen LogP contribution in [0.5, 0.6) is 0 Å². The zero-order valence-electron chi connectivity index (χ0n) is 16.2. The standard InChI is InChI=1S/C21H23BrN2O6/c1-13(25)18(24-21(29)30-12-14-7-3-2-4-8-14)19(26)23-17(20(27)28)11-15-9-5-6-10-16(15)22/h2-10,13,17-18,25H,11-12H2,1H3,(H,23,26)(H,24,29)(H,27,28)/t13-,17+,18+/m1/s1. The van der Waals surface area contributed by atoms with Crippen molar-refractivity contribution in [1.82, 2.24) is 10.6 Å². The van der Waals surface area contributed by atoms with Gasteiger partial charge < -0.3 is 25.6 Å². The lowest BCUT2D eigenvalue weighted by molar-refractivity contribution is -0.142. The van der Waals surface area contributed by atoms with E-state index in [2.05, 4.69) is 26.6 Å². The molecule has 0 bridgehead atoms. The molecule has 30 heavy (non-hydrogen) atoms. The lowest BCUT2D eigenvalue weighted by Crippen LogP contribution is -2.56. The quantitative estimate of drug-likeness (QED) is 0.437. The number of rotatable bonds is 9. The number of hydrogen-bond acceptors (Lipinski definition) is 5. The van der Waals surface area contributed by atoms with Gasteiger partial charge in [0.25, 0.3) is 0 Å². The fraction of sp³-hybridized carbons (Fsp3) is 0.286. The lowest BCUT2D eigenvalue weighted by Gasteiger charge is -2.23. The minimum atomic E-state index is -1.38. The van der Waals surface area contributed by atoms with Crippen molar-refractivity contribution >= 4 is 33.9 Å². The van der Waals surface area contributed by atoms with E-state index in [1.807, 2.05) is 6.07 Å². The summed E-state index contributed by atoms with van der Waals surface area (Å²) in [5, 5.41) is 24.0. The Morgan fingerprint density at radius 3 is 2.27 bits per heavy atom. The van der Waals surface area contributed by atoms with E-state index in [-0.39, 0.29) is 13.0 Å². The molecular formula is C21H23BrN2O6. The molecule has 0 radical (unpaired) electrons. The van der Waals surface area contributed by atoms with E-state index in [0.717, 1.165) is 5.56 Å². The number of carbonyl (C=O) groups is 3. The summed E-state index contributed by atoms with van der Waals surface area (Å²) in [4.78, 5) is 36.2. The molecule has 0 aliphatic heterocycles. The van der Waals surface area contributed by atoms with Crippen LogP contribution in [0.3, 0.4) is 0 Å². The van der Waals surface area contributed by atoms with Crippen LogP contribution >= 0.6 is 15.9 Å². The number of carboxylic acid groups (broad SMARTS) is 1. The van der Waals surface area contributed by atoms with Crippen LogP contribution in [0.25, 0.3) is 0 Å². The third kappa shape index (κ3) is 7.16. The molecule has 8 nitrogen and oxygen atoms in total. The van der Waals surface area contributed by atoms with Gasteiger partial charge >= 0.3 is 12.1 Å². The number of ether oxygens (including phenoxy) is 1. The molecule has 0 aromatic heterocycles. The Balaban J connectivity index is 1.99. The SMILES string of the molecule is C[C@@H](O)[C@H](NC(=O)OCc1ccccc1)C(=O)N[C@@H](Cc1ccccc1Br)C(=O)O. The molecule has 160 valence electrons. The summed E-state index contributed by atoms with van der Waals surface area (Å²) in [6.45, 7) is 1.30. The molecule has 0 heterocycles. The van der Waals surface area contributed by atoms with Crippen molar-refractivity contribution in [2.24, 2.45) is 0 Å². The molecule has 0 aliphatic rings. The highest BCUT2D eigenvalue weighted by atomic mass is 79.9. The minimum absolute atomic E-state index is 0.0133. The van der Waals surface area contributed by atoms with Gasteiger partial charge in [-0.2, -0.15) is 0 Å². The largest absolute Gasteiger partial charge is 0.480 e. The number of amides is 2. The topological polar surface area (TPSA) is 125 Å². The van der Waals surface area contributed by atoms with Gasteiger partial charge in [-0.25, -0.2) is 9.59 Å². The van der Waals surface area contributed by atoms with E-state index in [9.17, 15) is 24.6 Å². The van der Waals surface area contributed by atoms with E-state index in [4.69, 9.17) is 4.74 Å². The van der Waals surface area contributed by atoms with Crippen molar-refractivity contribution < 1.29 is 29.3 Å². The molecule has 9 heteroatoms. The van der Waals surface area contributed by atoms with E-state index in [1.165, 1.54) is 6.92 Å². The average molecular weight is 479 g/mol. The van der Waals surface area contributed by atoms with Gasteiger partial charge in [-0.1, -0.05) is 64.5 Å². The number of aliphatic hydroxyl groups excluding tert-OH is 1. The summed E-state index contributed by atoms with van der Waals surface area (Å²) in [6.07, 6.45) is -2.15. The van der Waals surface area contributed by atoms with Crippen molar-refractivity contribution in [3.8, 4) is 0 Å². The summed E-state index contributed by atoms with van der Waals surface area (Å²) in [7, 11) is 0. The number of carbonyl (C=O) groups excluding carboxylic acids is 2.